The molecule has 1 aliphatic carbocycles. The second-order valence-corrected chi connectivity index (χ2v) is 8.21. The molecule has 2 rings (SSSR count). The van der Waals surface area contributed by atoms with Gasteiger partial charge in [0.15, 0.2) is 6.17 Å². The molecule has 1 heterocycles. The second-order valence-electron chi connectivity index (χ2n) is 8.21. The number of nitrogens with zero attached hydrogens (tertiary/aromatic N) is 3. The van der Waals surface area contributed by atoms with Crippen LogP contribution < -0.4 is 10.6 Å². The molecule has 2 aliphatic rings. The monoisotopic (exact) mass is 387 g/mol. The second kappa shape index (κ2) is 9.19. The number of amidine groups is 1. The Morgan fingerprint density at radius 1 is 1.50 bits per heavy atom. The van der Waals surface area contributed by atoms with Crippen molar-refractivity contribution < 1.29 is 9.90 Å². The molecule has 0 aromatic rings. The highest BCUT2D eigenvalue weighted by Gasteiger charge is 2.34. The lowest BCUT2D eigenvalue weighted by atomic mass is 10.1. The maximum Gasteiger partial charge on any atom is 0.245 e. The van der Waals surface area contributed by atoms with E-state index in [0.29, 0.717) is 0 Å². The van der Waals surface area contributed by atoms with Gasteiger partial charge in [0.05, 0.1) is 12.3 Å². The minimum atomic E-state index is -0.705. The quantitative estimate of drug-likeness (QED) is 0.481. The summed E-state index contributed by atoms with van der Waals surface area (Å²) in [7, 11) is 1.82. The van der Waals surface area contributed by atoms with Gasteiger partial charge in [0.2, 0.25) is 5.91 Å². The first-order valence-corrected chi connectivity index (χ1v) is 9.72. The highest BCUT2D eigenvalue weighted by molar-refractivity contribution is 6.04. The summed E-state index contributed by atoms with van der Waals surface area (Å²) in [6.45, 7) is 11.0. The van der Waals surface area contributed by atoms with Crippen molar-refractivity contribution in [3.63, 3.8) is 0 Å². The lowest BCUT2D eigenvalue weighted by Crippen LogP contribution is -2.55. The van der Waals surface area contributed by atoms with Gasteiger partial charge in [-0.25, -0.2) is 4.99 Å². The molecular weight excluding hydrogens is 354 g/mol. The van der Waals surface area contributed by atoms with Gasteiger partial charge in [-0.05, 0) is 53.0 Å². The van der Waals surface area contributed by atoms with E-state index >= 15 is 0 Å². The molecule has 0 fully saturated rings. The predicted molar refractivity (Wildman–Crippen MR) is 114 cm³/mol. The molecule has 0 aromatic heterocycles. The summed E-state index contributed by atoms with van der Waals surface area (Å²) in [5.41, 5.74) is 2.72. The van der Waals surface area contributed by atoms with Crippen LogP contribution >= 0.6 is 0 Å². The molecule has 1 unspecified atom stereocenters. The van der Waals surface area contributed by atoms with Crippen molar-refractivity contribution >= 4 is 17.5 Å². The van der Waals surface area contributed by atoms with Crippen molar-refractivity contribution in [1.29, 1.82) is 0 Å². The molecule has 154 valence electrons. The first-order chi connectivity index (χ1) is 13.2. The van der Waals surface area contributed by atoms with Crippen molar-refractivity contribution in [1.82, 2.24) is 15.5 Å². The third-order valence-electron chi connectivity index (χ3n) is 4.72. The molecule has 1 aliphatic heterocycles. The number of hydrogen-bond donors (Lipinski definition) is 3. The van der Waals surface area contributed by atoms with Gasteiger partial charge in [0.25, 0.3) is 0 Å². The van der Waals surface area contributed by atoms with Gasteiger partial charge in [0, 0.05) is 30.1 Å². The van der Waals surface area contributed by atoms with E-state index in [-0.39, 0.29) is 24.2 Å². The van der Waals surface area contributed by atoms with Crippen LogP contribution in [0.4, 0.5) is 0 Å². The maximum absolute atomic E-state index is 12.7. The molecule has 7 nitrogen and oxygen atoms in total. The highest BCUT2D eigenvalue weighted by Crippen LogP contribution is 2.30. The summed E-state index contributed by atoms with van der Waals surface area (Å²) in [5, 5.41) is 16.3. The predicted octanol–water partition coefficient (Wildman–Crippen LogP) is 2.12. The summed E-state index contributed by atoms with van der Waals surface area (Å²) >= 11 is 0. The molecular formula is C21H33N5O2. The fourth-order valence-corrected chi connectivity index (χ4v) is 3.32. The lowest BCUT2D eigenvalue weighted by molar-refractivity contribution is -0.127. The van der Waals surface area contributed by atoms with Crippen LogP contribution in [0.25, 0.3) is 0 Å². The standard InChI is InChI=1S/C21H33N5O2/c1-7-8-12-22-14(2)18-23-16-11-9-10-15(16)19(24-18)26(6)17(13-27)20(28)25-21(3,4)5/h7-8,12,17-18,23,27H,1,9-11,13H2,2-6H3,(H,25,28)/b12-8-,22-14?/t17-,18?/m0/s1. The first-order valence-electron chi connectivity index (χ1n) is 9.72. The Morgan fingerprint density at radius 3 is 2.82 bits per heavy atom. The lowest BCUT2D eigenvalue weighted by Gasteiger charge is -2.35. The van der Waals surface area contributed by atoms with E-state index in [2.05, 4.69) is 22.2 Å². The van der Waals surface area contributed by atoms with E-state index < -0.39 is 6.04 Å². The van der Waals surface area contributed by atoms with E-state index in [1.807, 2.05) is 34.7 Å². The molecule has 0 bridgehead atoms. The van der Waals surface area contributed by atoms with Crippen molar-refractivity contribution in [2.75, 3.05) is 13.7 Å². The highest BCUT2D eigenvalue weighted by atomic mass is 16.3. The topological polar surface area (TPSA) is 89.3 Å². The van der Waals surface area contributed by atoms with Gasteiger partial charge in [0.1, 0.15) is 11.9 Å². The van der Waals surface area contributed by atoms with Crippen molar-refractivity contribution in [2.45, 2.75) is 64.7 Å². The largest absolute Gasteiger partial charge is 0.394 e. The Morgan fingerprint density at radius 2 is 2.21 bits per heavy atom. The maximum atomic E-state index is 12.7. The number of amides is 1. The summed E-state index contributed by atoms with van der Waals surface area (Å²) in [5.74, 6) is 0.538. The first kappa shape index (κ1) is 21.9. The van der Waals surface area contributed by atoms with Crippen LogP contribution in [0.15, 0.2) is 46.2 Å². The Hall–Kier alpha value is -2.41. The summed E-state index contributed by atoms with van der Waals surface area (Å²) in [6, 6.07) is -0.705. The fourth-order valence-electron chi connectivity index (χ4n) is 3.32. The van der Waals surface area contributed by atoms with Gasteiger partial charge in [-0.3, -0.25) is 9.79 Å². The zero-order valence-corrected chi connectivity index (χ0v) is 17.6. The number of aliphatic hydroxyl groups is 1. The number of aliphatic hydroxyl groups excluding tert-OH is 1. The number of allylic oxidation sites excluding steroid dienone is 3. The van der Waals surface area contributed by atoms with E-state index in [9.17, 15) is 9.90 Å². The van der Waals surface area contributed by atoms with Crippen molar-refractivity contribution in [3.05, 3.63) is 36.2 Å². The summed E-state index contributed by atoms with van der Waals surface area (Å²) in [4.78, 5) is 23.8. The zero-order valence-electron chi connectivity index (χ0n) is 17.6. The number of hydrogen-bond acceptors (Lipinski definition) is 6. The van der Waals surface area contributed by atoms with Crippen LogP contribution in [-0.4, -0.2) is 58.9 Å². The SMILES string of the molecule is C=C/C=C\N=C(C)C1N=C(N(C)[C@@H](CO)C(=O)NC(C)(C)C)C2=C(CCC2)N1. The van der Waals surface area contributed by atoms with Crippen molar-refractivity contribution in [2.24, 2.45) is 9.98 Å². The van der Waals surface area contributed by atoms with Gasteiger partial charge in [-0.15, -0.1) is 0 Å². The van der Waals surface area contributed by atoms with Crippen LogP contribution in [0.3, 0.4) is 0 Å². The molecule has 1 amide bonds. The molecule has 0 radical (unpaired) electrons. The minimum absolute atomic E-state index is 0.213. The molecule has 0 saturated carbocycles. The van der Waals surface area contributed by atoms with E-state index in [1.54, 1.807) is 23.3 Å². The molecule has 7 heteroatoms. The smallest absolute Gasteiger partial charge is 0.245 e. The number of rotatable bonds is 6. The molecule has 0 spiro atoms. The average molecular weight is 388 g/mol. The van der Waals surface area contributed by atoms with Crippen molar-refractivity contribution in [3.8, 4) is 0 Å². The molecule has 3 N–H and O–H groups in total. The average Bonchev–Trinajstić information content (AvgIpc) is 3.08. The number of aliphatic imine (C=N–C) groups is 2. The van der Waals surface area contributed by atoms with Crippen LogP contribution in [0.1, 0.15) is 47.0 Å². The minimum Gasteiger partial charge on any atom is -0.394 e. The Labute approximate surface area is 168 Å². The Balaban J connectivity index is 2.32. The van der Waals surface area contributed by atoms with Gasteiger partial charge in [-0.2, -0.15) is 0 Å². The van der Waals surface area contributed by atoms with Crippen LogP contribution in [0.2, 0.25) is 0 Å². The van der Waals surface area contributed by atoms with Gasteiger partial charge < -0.3 is 20.6 Å². The van der Waals surface area contributed by atoms with E-state index in [4.69, 9.17) is 4.99 Å². The van der Waals surface area contributed by atoms with Crippen LogP contribution in [-0.2, 0) is 4.79 Å². The van der Waals surface area contributed by atoms with Gasteiger partial charge >= 0.3 is 0 Å². The third kappa shape index (κ3) is 5.32. The van der Waals surface area contributed by atoms with E-state index in [0.717, 1.165) is 42.1 Å². The number of carbonyl (C=O) groups is 1. The Bertz CT molecular complexity index is 728. The molecule has 28 heavy (non-hydrogen) atoms. The zero-order chi connectivity index (χ0) is 20.9. The van der Waals surface area contributed by atoms with Crippen LogP contribution in [0.5, 0.6) is 0 Å². The number of likely N-dealkylation sites (N-methyl/N-ethyl adjacent to an activating group) is 1. The molecule has 0 aromatic carbocycles. The number of nitrogens with one attached hydrogen (secondary N) is 2. The van der Waals surface area contributed by atoms with E-state index in [1.165, 1.54) is 0 Å². The normalized spacial score (nSPS) is 21.1. The van der Waals surface area contributed by atoms with Gasteiger partial charge in [-0.1, -0.05) is 12.7 Å². The third-order valence-corrected chi connectivity index (χ3v) is 4.72. The van der Waals surface area contributed by atoms with Crippen LogP contribution in [0, 0.1) is 0 Å². The Kier molecular flexibility index (Phi) is 7.18. The molecule has 0 saturated heterocycles. The number of carbonyl (C=O) groups excluding carboxylic acids is 1. The summed E-state index contributed by atoms with van der Waals surface area (Å²) in [6.07, 6.45) is 7.73. The fraction of sp³-hybridized carbons (Fsp3) is 0.571. The molecule has 2 atom stereocenters. The summed E-state index contributed by atoms with van der Waals surface area (Å²) < 4.78 is 0.